The van der Waals surface area contributed by atoms with Gasteiger partial charge in [-0.1, -0.05) is 59.5 Å². The maximum Gasteiger partial charge on any atom is 0.237 e. The highest BCUT2D eigenvalue weighted by molar-refractivity contribution is 8.01. The van der Waals surface area contributed by atoms with Crippen LogP contribution in [0.1, 0.15) is 6.92 Å². The largest absolute Gasteiger partial charge is 0.330 e. The van der Waals surface area contributed by atoms with Gasteiger partial charge in [0, 0.05) is 17.9 Å². The van der Waals surface area contributed by atoms with Gasteiger partial charge in [-0.2, -0.15) is 0 Å². The van der Waals surface area contributed by atoms with Gasteiger partial charge in [0.15, 0.2) is 4.34 Å². The number of carbonyl (C=O) groups excluding carboxylic acids is 1. The van der Waals surface area contributed by atoms with Crippen LogP contribution in [0.25, 0.3) is 0 Å². The van der Waals surface area contributed by atoms with E-state index in [4.69, 9.17) is 0 Å². The van der Waals surface area contributed by atoms with E-state index in [1.807, 2.05) is 67.6 Å². The molecule has 25 heavy (non-hydrogen) atoms. The molecular formula is C18H18N4OS2. The second-order valence-corrected chi connectivity index (χ2v) is 7.33. The predicted molar refractivity (Wildman–Crippen MR) is 105 cm³/mol. The lowest BCUT2D eigenvalue weighted by Gasteiger charge is -2.20. The molecule has 128 valence electrons. The number of rotatable bonds is 7. The Labute approximate surface area is 155 Å². The van der Waals surface area contributed by atoms with Gasteiger partial charge in [-0.05, 0) is 31.2 Å². The molecule has 0 aliphatic carbocycles. The van der Waals surface area contributed by atoms with Gasteiger partial charge < -0.3 is 10.2 Å². The molecule has 1 amide bonds. The number of amides is 1. The average molecular weight is 371 g/mol. The lowest BCUT2D eigenvalue weighted by molar-refractivity contribution is -0.116. The summed E-state index contributed by atoms with van der Waals surface area (Å²) < 4.78 is 0.774. The van der Waals surface area contributed by atoms with Crippen molar-refractivity contribution in [2.75, 3.05) is 22.5 Å². The first kappa shape index (κ1) is 17.4. The standard InChI is InChI=1S/C18H18N4OS2/c1-2-22(15-11-7-4-8-12-15)16(23)13-24-18-21-20-17(25-18)19-14-9-5-3-6-10-14/h3-12H,2,13H2,1H3,(H,19,20). The van der Waals surface area contributed by atoms with E-state index in [2.05, 4.69) is 15.5 Å². The zero-order valence-corrected chi connectivity index (χ0v) is 15.4. The second kappa shape index (κ2) is 8.64. The molecule has 7 heteroatoms. The molecule has 0 spiro atoms. The SMILES string of the molecule is CCN(C(=O)CSc1nnc(Nc2ccccc2)s1)c1ccccc1. The van der Waals surface area contributed by atoms with Gasteiger partial charge in [0.25, 0.3) is 0 Å². The summed E-state index contributed by atoms with van der Waals surface area (Å²) in [5.41, 5.74) is 1.88. The molecule has 0 unspecified atom stereocenters. The van der Waals surface area contributed by atoms with Crippen molar-refractivity contribution in [2.45, 2.75) is 11.3 Å². The maximum atomic E-state index is 12.5. The van der Waals surface area contributed by atoms with Crippen LogP contribution in [0.2, 0.25) is 0 Å². The van der Waals surface area contributed by atoms with Crippen LogP contribution < -0.4 is 10.2 Å². The minimum absolute atomic E-state index is 0.0615. The molecule has 1 heterocycles. The topological polar surface area (TPSA) is 58.1 Å². The minimum Gasteiger partial charge on any atom is -0.330 e. The summed E-state index contributed by atoms with van der Waals surface area (Å²) in [7, 11) is 0. The molecule has 0 aliphatic heterocycles. The summed E-state index contributed by atoms with van der Waals surface area (Å²) in [6.45, 7) is 2.61. The summed E-state index contributed by atoms with van der Waals surface area (Å²) in [5.74, 6) is 0.398. The molecule has 5 nitrogen and oxygen atoms in total. The van der Waals surface area contributed by atoms with Crippen molar-refractivity contribution in [2.24, 2.45) is 0 Å². The number of nitrogens with zero attached hydrogens (tertiary/aromatic N) is 3. The monoisotopic (exact) mass is 370 g/mol. The Morgan fingerprint density at radius 3 is 2.44 bits per heavy atom. The summed E-state index contributed by atoms with van der Waals surface area (Å²) in [6.07, 6.45) is 0. The fraction of sp³-hybridized carbons (Fsp3) is 0.167. The number of anilines is 3. The molecule has 0 fully saturated rings. The van der Waals surface area contributed by atoms with E-state index >= 15 is 0 Å². The zero-order valence-electron chi connectivity index (χ0n) is 13.8. The Bertz CT molecular complexity index is 808. The van der Waals surface area contributed by atoms with Gasteiger partial charge in [0.2, 0.25) is 11.0 Å². The molecule has 0 atom stereocenters. The Balaban J connectivity index is 1.57. The van der Waals surface area contributed by atoms with E-state index in [0.717, 1.165) is 20.8 Å². The Morgan fingerprint density at radius 1 is 1.08 bits per heavy atom. The van der Waals surface area contributed by atoms with Gasteiger partial charge in [-0.3, -0.25) is 4.79 Å². The molecule has 1 N–H and O–H groups in total. The molecule has 0 bridgehead atoms. The van der Waals surface area contributed by atoms with Crippen LogP contribution in [0, 0.1) is 0 Å². The van der Waals surface area contributed by atoms with E-state index in [1.54, 1.807) is 4.90 Å². The number of para-hydroxylation sites is 2. The molecule has 0 radical (unpaired) electrons. The van der Waals surface area contributed by atoms with Crippen molar-refractivity contribution >= 4 is 45.5 Å². The van der Waals surface area contributed by atoms with E-state index in [9.17, 15) is 4.79 Å². The number of nitrogens with one attached hydrogen (secondary N) is 1. The van der Waals surface area contributed by atoms with Crippen molar-refractivity contribution in [3.05, 3.63) is 60.7 Å². The summed E-state index contributed by atoms with van der Waals surface area (Å²) in [5, 5.41) is 12.2. The van der Waals surface area contributed by atoms with Gasteiger partial charge in [-0.25, -0.2) is 0 Å². The predicted octanol–water partition coefficient (Wildman–Crippen LogP) is 4.43. The fourth-order valence-corrected chi connectivity index (χ4v) is 3.92. The van der Waals surface area contributed by atoms with Crippen molar-refractivity contribution in [3.63, 3.8) is 0 Å². The van der Waals surface area contributed by atoms with E-state index < -0.39 is 0 Å². The zero-order chi connectivity index (χ0) is 17.5. The Morgan fingerprint density at radius 2 is 1.76 bits per heavy atom. The molecular weight excluding hydrogens is 352 g/mol. The summed E-state index contributed by atoms with van der Waals surface area (Å²) in [6, 6.07) is 19.5. The minimum atomic E-state index is 0.0615. The average Bonchev–Trinajstić information content (AvgIpc) is 3.10. The highest BCUT2D eigenvalue weighted by Crippen LogP contribution is 2.28. The van der Waals surface area contributed by atoms with Crippen LogP contribution in [-0.2, 0) is 4.79 Å². The van der Waals surface area contributed by atoms with Crippen LogP contribution in [0.15, 0.2) is 65.0 Å². The summed E-state index contributed by atoms with van der Waals surface area (Å²) >= 11 is 2.86. The lowest BCUT2D eigenvalue weighted by Crippen LogP contribution is -2.32. The highest BCUT2D eigenvalue weighted by Gasteiger charge is 2.15. The van der Waals surface area contributed by atoms with Crippen molar-refractivity contribution < 1.29 is 4.79 Å². The van der Waals surface area contributed by atoms with Crippen molar-refractivity contribution in [1.82, 2.24) is 10.2 Å². The van der Waals surface area contributed by atoms with Crippen LogP contribution in [0.4, 0.5) is 16.5 Å². The van der Waals surface area contributed by atoms with E-state index in [1.165, 1.54) is 23.1 Å². The number of carbonyl (C=O) groups is 1. The Kier molecular flexibility index (Phi) is 6.03. The highest BCUT2D eigenvalue weighted by atomic mass is 32.2. The molecule has 0 aliphatic rings. The number of thioether (sulfide) groups is 1. The van der Waals surface area contributed by atoms with Crippen molar-refractivity contribution in [3.8, 4) is 0 Å². The first-order valence-electron chi connectivity index (χ1n) is 7.90. The normalized spacial score (nSPS) is 10.4. The molecule has 1 aromatic heterocycles. The second-order valence-electron chi connectivity index (χ2n) is 5.13. The first-order chi connectivity index (χ1) is 12.3. The van der Waals surface area contributed by atoms with Crippen molar-refractivity contribution in [1.29, 1.82) is 0 Å². The third-order valence-electron chi connectivity index (χ3n) is 3.44. The lowest BCUT2D eigenvalue weighted by atomic mass is 10.3. The van der Waals surface area contributed by atoms with Gasteiger partial charge >= 0.3 is 0 Å². The van der Waals surface area contributed by atoms with Crippen LogP contribution in [0.5, 0.6) is 0 Å². The smallest absolute Gasteiger partial charge is 0.237 e. The van der Waals surface area contributed by atoms with Gasteiger partial charge in [-0.15, -0.1) is 10.2 Å². The first-order valence-corrected chi connectivity index (χ1v) is 9.70. The molecule has 2 aromatic carbocycles. The van der Waals surface area contributed by atoms with Crippen LogP contribution in [0.3, 0.4) is 0 Å². The molecule has 3 rings (SSSR count). The third-order valence-corrected chi connectivity index (χ3v) is 5.39. The van der Waals surface area contributed by atoms with E-state index in [0.29, 0.717) is 12.3 Å². The number of aromatic nitrogens is 2. The number of benzene rings is 2. The molecule has 0 saturated heterocycles. The van der Waals surface area contributed by atoms with E-state index in [-0.39, 0.29) is 5.91 Å². The quantitative estimate of drug-likeness (QED) is 0.624. The molecule has 3 aromatic rings. The molecule has 0 saturated carbocycles. The van der Waals surface area contributed by atoms with Gasteiger partial charge in [0.1, 0.15) is 0 Å². The fourth-order valence-electron chi connectivity index (χ4n) is 2.28. The number of hydrogen-bond donors (Lipinski definition) is 1. The van der Waals surface area contributed by atoms with Gasteiger partial charge in [0.05, 0.1) is 5.75 Å². The maximum absolute atomic E-state index is 12.5. The van der Waals surface area contributed by atoms with Crippen LogP contribution in [-0.4, -0.2) is 28.4 Å². The summed E-state index contributed by atoms with van der Waals surface area (Å²) in [4.78, 5) is 14.3. The Hall–Kier alpha value is -2.38. The number of hydrogen-bond acceptors (Lipinski definition) is 6. The van der Waals surface area contributed by atoms with Crippen LogP contribution >= 0.6 is 23.1 Å². The third kappa shape index (κ3) is 4.80.